The van der Waals surface area contributed by atoms with Crippen molar-refractivity contribution in [2.24, 2.45) is 0 Å². The summed E-state index contributed by atoms with van der Waals surface area (Å²) in [6.45, 7) is 5.94. The maximum absolute atomic E-state index is 13.2. The van der Waals surface area contributed by atoms with E-state index in [4.69, 9.17) is 9.47 Å². The maximum Gasteiger partial charge on any atom is 0.253 e. The van der Waals surface area contributed by atoms with Crippen molar-refractivity contribution in [3.05, 3.63) is 53.6 Å². The first kappa shape index (κ1) is 20.3. The Labute approximate surface area is 177 Å². The minimum atomic E-state index is -0.516. The third kappa shape index (κ3) is 3.20. The molecule has 1 saturated heterocycles. The SMILES string of the molecule is CCOc1ccc(C(=O)N2CCC3(CC2)C(=O)N(C)c2ccccc23)cc1OCC. The monoisotopic (exact) mass is 408 g/mol. The number of likely N-dealkylation sites (N-methyl/N-ethyl adjacent to an activating group) is 1. The highest BCUT2D eigenvalue weighted by atomic mass is 16.5. The van der Waals surface area contributed by atoms with Crippen LogP contribution in [0, 0.1) is 0 Å². The first-order valence-electron chi connectivity index (χ1n) is 10.6. The van der Waals surface area contributed by atoms with Crippen LogP contribution in [0.3, 0.4) is 0 Å². The van der Waals surface area contributed by atoms with Gasteiger partial charge in [0.25, 0.3) is 5.91 Å². The summed E-state index contributed by atoms with van der Waals surface area (Å²) in [7, 11) is 1.84. The van der Waals surface area contributed by atoms with Crippen molar-refractivity contribution in [3.8, 4) is 11.5 Å². The van der Waals surface area contributed by atoms with Crippen LogP contribution < -0.4 is 14.4 Å². The van der Waals surface area contributed by atoms with Crippen LogP contribution in [0.2, 0.25) is 0 Å². The summed E-state index contributed by atoms with van der Waals surface area (Å²) < 4.78 is 11.3. The molecule has 158 valence electrons. The molecule has 2 aromatic rings. The van der Waals surface area contributed by atoms with Gasteiger partial charge in [-0.25, -0.2) is 0 Å². The molecular formula is C24H28N2O4. The average molecular weight is 408 g/mol. The lowest BCUT2D eigenvalue weighted by atomic mass is 9.73. The summed E-state index contributed by atoms with van der Waals surface area (Å²) in [5.74, 6) is 1.32. The van der Waals surface area contributed by atoms with E-state index in [9.17, 15) is 9.59 Å². The third-order valence-corrected chi connectivity index (χ3v) is 6.19. The van der Waals surface area contributed by atoms with E-state index in [1.807, 2.05) is 44.0 Å². The van der Waals surface area contributed by atoms with Gasteiger partial charge < -0.3 is 19.3 Å². The van der Waals surface area contributed by atoms with Crippen LogP contribution in [-0.4, -0.2) is 50.1 Å². The Morgan fingerprint density at radius 2 is 1.67 bits per heavy atom. The lowest BCUT2D eigenvalue weighted by Gasteiger charge is -2.38. The number of likely N-dealkylation sites (tertiary alicyclic amines) is 1. The largest absolute Gasteiger partial charge is 0.490 e. The van der Waals surface area contributed by atoms with Crippen LogP contribution in [-0.2, 0) is 10.2 Å². The summed E-state index contributed by atoms with van der Waals surface area (Å²) >= 11 is 0. The number of benzene rings is 2. The van der Waals surface area contributed by atoms with Crippen molar-refractivity contribution in [2.45, 2.75) is 32.1 Å². The molecule has 0 atom stereocenters. The number of piperidine rings is 1. The minimum Gasteiger partial charge on any atom is -0.490 e. The zero-order valence-corrected chi connectivity index (χ0v) is 17.8. The summed E-state index contributed by atoms with van der Waals surface area (Å²) in [4.78, 5) is 29.8. The highest BCUT2D eigenvalue weighted by Crippen LogP contribution is 2.47. The van der Waals surface area contributed by atoms with E-state index in [0.717, 1.165) is 11.3 Å². The normalized spacial score (nSPS) is 17.2. The number of ether oxygens (including phenoxy) is 2. The van der Waals surface area contributed by atoms with Crippen LogP contribution in [0.15, 0.2) is 42.5 Å². The zero-order chi connectivity index (χ0) is 21.3. The highest BCUT2D eigenvalue weighted by molar-refractivity contribution is 6.08. The van der Waals surface area contributed by atoms with E-state index in [1.54, 1.807) is 23.1 Å². The minimum absolute atomic E-state index is 0.0408. The lowest BCUT2D eigenvalue weighted by Crippen LogP contribution is -2.49. The number of carbonyl (C=O) groups excluding carboxylic acids is 2. The zero-order valence-electron chi connectivity index (χ0n) is 17.8. The summed E-state index contributed by atoms with van der Waals surface area (Å²) in [5.41, 5.74) is 2.13. The predicted octanol–water partition coefficient (Wildman–Crippen LogP) is 3.63. The fraction of sp³-hybridized carbons (Fsp3) is 0.417. The standard InChI is InChI=1S/C24H28N2O4/c1-4-29-20-11-10-17(16-21(20)30-5-2)22(27)26-14-12-24(13-15-26)18-8-6-7-9-19(18)25(3)23(24)28/h6-11,16H,4-5,12-15H2,1-3H3. The molecule has 4 rings (SSSR count). The van der Waals surface area contributed by atoms with E-state index < -0.39 is 5.41 Å². The first-order chi connectivity index (χ1) is 14.5. The van der Waals surface area contributed by atoms with Crippen molar-refractivity contribution < 1.29 is 19.1 Å². The molecule has 0 bridgehead atoms. The number of fused-ring (bicyclic) bond motifs is 2. The van der Waals surface area contributed by atoms with Crippen LogP contribution in [0.25, 0.3) is 0 Å². The first-order valence-corrected chi connectivity index (χ1v) is 10.6. The number of hydrogen-bond acceptors (Lipinski definition) is 4. The molecule has 0 N–H and O–H groups in total. The molecule has 0 aromatic heterocycles. The van der Waals surface area contributed by atoms with Gasteiger partial charge in [0.2, 0.25) is 5.91 Å². The Kier molecular flexibility index (Phi) is 5.41. The molecule has 2 aliphatic rings. The van der Waals surface area contributed by atoms with Crippen molar-refractivity contribution in [3.63, 3.8) is 0 Å². The van der Waals surface area contributed by atoms with Gasteiger partial charge in [-0.1, -0.05) is 18.2 Å². The van der Waals surface area contributed by atoms with Crippen LogP contribution in [0.4, 0.5) is 5.69 Å². The van der Waals surface area contributed by atoms with Gasteiger partial charge in [-0.3, -0.25) is 9.59 Å². The van der Waals surface area contributed by atoms with Crippen molar-refractivity contribution in [1.29, 1.82) is 0 Å². The van der Waals surface area contributed by atoms with Gasteiger partial charge in [0.05, 0.1) is 18.6 Å². The Morgan fingerprint density at radius 1 is 1.00 bits per heavy atom. The Morgan fingerprint density at radius 3 is 2.37 bits per heavy atom. The average Bonchev–Trinajstić information content (AvgIpc) is 2.98. The number of anilines is 1. The Balaban J connectivity index is 1.53. The molecule has 1 fully saturated rings. The van der Waals surface area contributed by atoms with Gasteiger partial charge in [0.1, 0.15) is 0 Å². The Hall–Kier alpha value is -3.02. The van der Waals surface area contributed by atoms with Gasteiger partial charge >= 0.3 is 0 Å². The molecule has 2 aromatic carbocycles. The molecule has 0 unspecified atom stereocenters. The van der Waals surface area contributed by atoms with E-state index in [1.165, 1.54) is 0 Å². The lowest BCUT2D eigenvalue weighted by molar-refractivity contribution is -0.124. The second-order valence-corrected chi connectivity index (χ2v) is 7.78. The highest BCUT2D eigenvalue weighted by Gasteiger charge is 2.51. The molecule has 2 heterocycles. The van der Waals surface area contributed by atoms with Crippen molar-refractivity contribution in [1.82, 2.24) is 4.90 Å². The fourth-order valence-electron chi connectivity index (χ4n) is 4.66. The van der Waals surface area contributed by atoms with Crippen LogP contribution >= 0.6 is 0 Å². The quantitative estimate of drug-likeness (QED) is 0.758. The molecule has 6 nitrogen and oxygen atoms in total. The summed E-state index contributed by atoms with van der Waals surface area (Å²) in [5, 5.41) is 0. The van der Waals surface area contributed by atoms with Gasteiger partial charge in [-0.15, -0.1) is 0 Å². The molecule has 0 saturated carbocycles. The third-order valence-electron chi connectivity index (χ3n) is 6.19. The molecule has 0 radical (unpaired) electrons. The molecule has 2 aliphatic heterocycles. The molecule has 2 amide bonds. The van der Waals surface area contributed by atoms with Crippen molar-refractivity contribution >= 4 is 17.5 Å². The second-order valence-electron chi connectivity index (χ2n) is 7.78. The number of carbonyl (C=O) groups is 2. The number of hydrogen-bond donors (Lipinski definition) is 0. The smallest absolute Gasteiger partial charge is 0.253 e. The molecular weight excluding hydrogens is 380 g/mol. The van der Waals surface area contributed by atoms with Crippen LogP contribution in [0.5, 0.6) is 11.5 Å². The number of para-hydroxylation sites is 1. The maximum atomic E-state index is 13.2. The second kappa shape index (κ2) is 8.01. The van der Waals surface area contributed by atoms with Crippen LogP contribution in [0.1, 0.15) is 42.6 Å². The summed E-state index contributed by atoms with van der Waals surface area (Å²) in [6, 6.07) is 13.3. The fourth-order valence-corrected chi connectivity index (χ4v) is 4.66. The molecule has 30 heavy (non-hydrogen) atoms. The molecule has 0 aliphatic carbocycles. The Bertz CT molecular complexity index is 963. The van der Waals surface area contributed by atoms with Crippen molar-refractivity contribution in [2.75, 3.05) is 38.3 Å². The van der Waals surface area contributed by atoms with Gasteiger partial charge in [0, 0.05) is 31.4 Å². The molecule has 1 spiro atoms. The van der Waals surface area contributed by atoms with E-state index >= 15 is 0 Å². The van der Waals surface area contributed by atoms with E-state index in [2.05, 4.69) is 6.07 Å². The number of rotatable bonds is 5. The van der Waals surface area contributed by atoms with E-state index in [-0.39, 0.29) is 11.8 Å². The van der Waals surface area contributed by atoms with Gasteiger partial charge in [-0.2, -0.15) is 0 Å². The topological polar surface area (TPSA) is 59.1 Å². The van der Waals surface area contributed by atoms with E-state index in [0.29, 0.717) is 56.2 Å². The van der Waals surface area contributed by atoms with Gasteiger partial charge in [0.15, 0.2) is 11.5 Å². The number of amides is 2. The molecule has 6 heteroatoms. The predicted molar refractivity (Wildman–Crippen MR) is 115 cm³/mol. The summed E-state index contributed by atoms with van der Waals surface area (Å²) in [6.07, 6.45) is 1.27. The number of nitrogens with zero attached hydrogens (tertiary/aromatic N) is 2. The van der Waals surface area contributed by atoms with Gasteiger partial charge in [-0.05, 0) is 56.5 Å².